The van der Waals surface area contributed by atoms with Crippen LogP contribution in [0.3, 0.4) is 0 Å². The van der Waals surface area contributed by atoms with Gasteiger partial charge in [0.25, 0.3) is 0 Å². The fourth-order valence-corrected chi connectivity index (χ4v) is 2.89. The van der Waals surface area contributed by atoms with Gasteiger partial charge in [-0.1, -0.05) is 0 Å². The lowest BCUT2D eigenvalue weighted by Crippen LogP contribution is -2.19. The van der Waals surface area contributed by atoms with Crippen LogP contribution in [-0.2, 0) is 13.0 Å². The lowest BCUT2D eigenvalue weighted by molar-refractivity contribution is 0.625. The molecule has 0 unspecified atom stereocenters. The molecule has 0 radical (unpaired) electrons. The van der Waals surface area contributed by atoms with E-state index in [4.69, 9.17) is 5.73 Å². The van der Waals surface area contributed by atoms with Crippen LogP contribution >= 0.6 is 11.3 Å². The number of hydrogen-bond donors (Lipinski definition) is 1. The van der Waals surface area contributed by atoms with E-state index in [2.05, 4.69) is 9.88 Å². The van der Waals surface area contributed by atoms with Crippen molar-refractivity contribution in [3.05, 3.63) is 45.7 Å². The Morgan fingerprint density at radius 2 is 2.21 bits per heavy atom. The van der Waals surface area contributed by atoms with Gasteiger partial charge in [-0.3, -0.25) is 0 Å². The molecule has 0 atom stereocenters. The van der Waals surface area contributed by atoms with Gasteiger partial charge < -0.3 is 10.6 Å². The molecule has 2 rings (SSSR count). The summed E-state index contributed by atoms with van der Waals surface area (Å²) in [6.45, 7) is 3.30. The molecule has 0 fully saturated rings. The lowest BCUT2D eigenvalue weighted by Gasteiger charge is -2.22. The van der Waals surface area contributed by atoms with E-state index < -0.39 is 0 Å². The molecule has 19 heavy (non-hydrogen) atoms. The zero-order valence-electron chi connectivity index (χ0n) is 11.2. The molecule has 0 amide bonds. The van der Waals surface area contributed by atoms with Crippen LogP contribution in [0.15, 0.2) is 23.7 Å². The third kappa shape index (κ3) is 3.30. The van der Waals surface area contributed by atoms with Crippen molar-refractivity contribution in [1.82, 2.24) is 4.98 Å². The Bertz CT molecular complexity index is 553. The summed E-state index contributed by atoms with van der Waals surface area (Å²) in [5, 5.41) is 0. The van der Waals surface area contributed by atoms with E-state index in [1.165, 1.54) is 10.9 Å². The predicted octanol–water partition coefficient (Wildman–Crippen LogP) is 2.73. The minimum atomic E-state index is -0.213. The molecule has 0 saturated heterocycles. The van der Waals surface area contributed by atoms with E-state index in [1.807, 2.05) is 25.5 Å². The Balaban J connectivity index is 2.23. The Morgan fingerprint density at radius 3 is 2.84 bits per heavy atom. The van der Waals surface area contributed by atoms with Gasteiger partial charge in [-0.05, 0) is 43.7 Å². The fraction of sp³-hybridized carbons (Fsp3) is 0.357. The minimum absolute atomic E-state index is 0.213. The second-order valence-corrected chi connectivity index (χ2v) is 5.47. The minimum Gasteiger partial charge on any atom is -0.369 e. The van der Waals surface area contributed by atoms with Crippen LogP contribution in [0.2, 0.25) is 0 Å². The first-order valence-electron chi connectivity index (χ1n) is 6.20. The van der Waals surface area contributed by atoms with Crippen molar-refractivity contribution in [3.8, 4) is 0 Å². The number of thiazole rings is 1. The maximum atomic E-state index is 13.3. The standard InChI is InChI=1S/C14H18FN3S/c1-10-14(19-9-17-10)8-18(2)13-4-3-12(15)7-11(13)5-6-16/h3-4,7,9H,5-6,8,16H2,1-2H3. The van der Waals surface area contributed by atoms with Gasteiger partial charge in [0, 0.05) is 17.6 Å². The Hall–Kier alpha value is -1.46. The van der Waals surface area contributed by atoms with Crippen molar-refractivity contribution in [2.24, 2.45) is 5.73 Å². The number of halogens is 1. The summed E-state index contributed by atoms with van der Waals surface area (Å²) in [5.74, 6) is -0.213. The number of hydrogen-bond acceptors (Lipinski definition) is 4. The number of nitrogens with zero attached hydrogens (tertiary/aromatic N) is 2. The Morgan fingerprint density at radius 1 is 1.42 bits per heavy atom. The SMILES string of the molecule is Cc1ncsc1CN(C)c1ccc(F)cc1CCN. The number of benzene rings is 1. The normalized spacial score (nSPS) is 10.7. The summed E-state index contributed by atoms with van der Waals surface area (Å²) < 4.78 is 13.3. The van der Waals surface area contributed by atoms with Gasteiger partial charge in [0.1, 0.15) is 5.82 Å². The molecule has 5 heteroatoms. The Kier molecular flexibility index (Phi) is 4.50. The second-order valence-electron chi connectivity index (χ2n) is 4.53. The molecule has 1 aromatic carbocycles. The Labute approximate surface area is 116 Å². The summed E-state index contributed by atoms with van der Waals surface area (Å²) in [5.41, 5.74) is 10.5. The maximum absolute atomic E-state index is 13.3. The van der Waals surface area contributed by atoms with Gasteiger partial charge in [-0.25, -0.2) is 9.37 Å². The topological polar surface area (TPSA) is 42.2 Å². The van der Waals surface area contributed by atoms with Gasteiger partial charge in [-0.15, -0.1) is 11.3 Å². The highest BCUT2D eigenvalue weighted by Crippen LogP contribution is 2.24. The van der Waals surface area contributed by atoms with Crippen molar-refractivity contribution < 1.29 is 4.39 Å². The summed E-state index contributed by atoms with van der Waals surface area (Å²) in [6.07, 6.45) is 0.680. The molecule has 3 nitrogen and oxygen atoms in total. The molecular weight excluding hydrogens is 261 g/mol. The van der Waals surface area contributed by atoms with E-state index in [1.54, 1.807) is 17.4 Å². The smallest absolute Gasteiger partial charge is 0.123 e. The molecule has 0 aliphatic rings. The highest BCUT2D eigenvalue weighted by molar-refractivity contribution is 7.09. The number of aryl methyl sites for hydroxylation is 1. The highest BCUT2D eigenvalue weighted by atomic mass is 32.1. The van der Waals surface area contributed by atoms with Gasteiger partial charge >= 0.3 is 0 Å². The first-order chi connectivity index (χ1) is 9.11. The number of rotatable bonds is 5. The van der Waals surface area contributed by atoms with Crippen LogP contribution in [0, 0.1) is 12.7 Å². The summed E-state index contributed by atoms with van der Waals surface area (Å²) in [6, 6.07) is 4.88. The average molecular weight is 279 g/mol. The summed E-state index contributed by atoms with van der Waals surface area (Å²) in [4.78, 5) is 7.59. The summed E-state index contributed by atoms with van der Waals surface area (Å²) in [7, 11) is 2.01. The van der Waals surface area contributed by atoms with E-state index in [0.717, 1.165) is 23.5 Å². The first-order valence-corrected chi connectivity index (χ1v) is 7.08. The molecule has 0 bridgehead atoms. The van der Waals surface area contributed by atoms with Crippen molar-refractivity contribution >= 4 is 17.0 Å². The molecular formula is C14H18FN3S. The second kappa shape index (κ2) is 6.12. The van der Waals surface area contributed by atoms with E-state index in [0.29, 0.717) is 13.0 Å². The highest BCUT2D eigenvalue weighted by Gasteiger charge is 2.11. The predicted molar refractivity (Wildman–Crippen MR) is 78.1 cm³/mol. The van der Waals surface area contributed by atoms with Crippen molar-refractivity contribution in [2.45, 2.75) is 19.9 Å². The molecule has 2 N–H and O–H groups in total. The molecule has 0 aliphatic carbocycles. The van der Waals surface area contributed by atoms with Crippen molar-refractivity contribution in [1.29, 1.82) is 0 Å². The van der Waals surface area contributed by atoms with Gasteiger partial charge in [-0.2, -0.15) is 0 Å². The molecule has 1 aromatic heterocycles. The van der Waals surface area contributed by atoms with Gasteiger partial charge in [0.15, 0.2) is 0 Å². The van der Waals surface area contributed by atoms with Crippen molar-refractivity contribution in [3.63, 3.8) is 0 Å². The molecule has 1 heterocycles. The van der Waals surface area contributed by atoms with Crippen LogP contribution in [0.1, 0.15) is 16.1 Å². The van der Waals surface area contributed by atoms with Crippen LogP contribution in [0.4, 0.5) is 10.1 Å². The number of anilines is 1. The van der Waals surface area contributed by atoms with Crippen LogP contribution < -0.4 is 10.6 Å². The molecule has 102 valence electrons. The molecule has 0 saturated carbocycles. The average Bonchev–Trinajstić information content (AvgIpc) is 2.75. The molecule has 2 aromatic rings. The quantitative estimate of drug-likeness (QED) is 0.915. The van der Waals surface area contributed by atoms with Crippen LogP contribution in [-0.4, -0.2) is 18.6 Å². The van der Waals surface area contributed by atoms with Gasteiger partial charge in [0.05, 0.1) is 17.7 Å². The zero-order chi connectivity index (χ0) is 13.8. The molecule has 0 aliphatic heterocycles. The summed E-state index contributed by atoms with van der Waals surface area (Å²) >= 11 is 1.64. The van der Waals surface area contributed by atoms with Crippen LogP contribution in [0.25, 0.3) is 0 Å². The number of nitrogens with two attached hydrogens (primary N) is 1. The maximum Gasteiger partial charge on any atom is 0.123 e. The van der Waals surface area contributed by atoms with E-state index in [-0.39, 0.29) is 5.82 Å². The monoisotopic (exact) mass is 279 g/mol. The zero-order valence-corrected chi connectivity index (χ0v) is 12.0. The van der Waals surface area contributed by atoms with Crippen molar-refractivity contribution in [2.75, 3.05) is 18.5 Å². The third-order valence-electron chi connectivity index (χ3n) is 3.09. The largest absolute Gasteiger partial charge is 0.369 e. The third-order valence-corrected chi connectivity index (χ3v) is 4.01. The fourth-order valence-electron chi connectivity index (χ4n) is 2.06. The number of aromatic nitrogens is 1. The van der Waals surface area contributed by atoms with Gasteiger partial charge in [0.2, 0.25) is 0 Å². The van der Waals surface area contributed by atoms with E-state index in [9.17, 15) is 4.39 Å². The van der Waals surface area contributed by atoms with E-state index >= 15 is 0 Å². The lowest BCUT2D eigenvalue weighted by atomic mass is 10.1. The molecule has 0 spiro atoms. The van der Waals surface area contributed by atoms with Crippen LogP contribution in [0.5, 0.6) is 0 Å². The first kappa shape index (κ1) is 14.0.